The van der Waals surface area contributed by atoms with E-state index in [1.165, 1.54) is 6.33 Å². The third-order valence-corrected chi connectivity index (χ3v) is 0.879. The van der Waals surface area contributed by atoms with Gasteiger partial charge in [0.05, 0.1) is 0 Å². The van der Waals surface area contributed by atoms with Crippen molar-refractivity contribution < 1.29 is 9.53 Å². The molecule has 0 aliphatic heterocycles. The molecule has 0 atom stereocenters. The summed E-state index contributed by atoms with van der Waals surface area (Å²) in [6, 6.07) is 1.78. The van der Waals surface area contributed by atoms with Gasteiger partial charge in [-0.2, -0.15) is 0 Å². The summed E-state index contributed by atoms with van der Waals surface area (Å²) in [5.74, 6) is 0. The predicted octanol–water partition coefficient (Wildman–Crippen LogP) is 1.60. The second-order valence-corrected chi connectivity index (χ2v) is 3.23. The number of aromatic nitrogens is 2. The van der Waals surface area contributed by atoms with Gasteiger partial charge in [-0.25, -0.2) is 9.97 Å². The fourth-order valence-electron chi connectivity index (χ4n) is 0.398. The molecule has 0 saturated heterocycles. The molecule has 1 aromatic heterocycles. The highest BCUT2D eigenvalue weighted by Crippen LogP contribution is 2.02. The van der Waals surface area contributed by atoms with Crippen molar-refractivity contribution in [2.24, 2.45) is 0 Å². The Kier molecular flexibility index (Phi) is 8.71. The number of hydrogen-bond donors (Lipinski definition) is 1. The van der Waals surface area contributed by atoms with Crippen molar-refractivity contribution in [3.05, 3.63) is 24.8 Å². The molecule has 1 heterocycles. The molecule has 0 radical (unpaired) electrons. The van der Waals surface area contributed by atoms with Crippen LogP contribution in [0.25, 0.3) is 0 Å². The van der Waals surface area contributed by atoms with Crippen molar-refractivity contribution in [2.45, 2.75) is 26.4 Å². The first-order valence-corrected chi connectivity index (χ1v) is 3.87. The molecule has 0 amide bonds. The van der Waals surface area contributed by atoms with E-state index in [4.69, 9.17) is 0 Å². The first kappa shape index (κ1) is 15.0. The molecule has 0 spiro atoms. The Balaban J connectivity index is 0. The summed E-state index contributed by atoms with van der Waals surface area (Å²) in [5.41, 5.74) is -0.318. The van der Waals surface area contributed by atoms with Crippen LogP contribution >= 0.6 is 0 Å². The van der Waals surface area contributed by atoms with Gasteiger partial charge in [0.1, 0.15) is 11.9 Å². The van der Waals surface area contributed by atoms with Gasteiger partial charge in [0.25, 0.3) is 6.47 Å². The van der Waals surface area contributed by atoms with Crippen LogP contribution in [0, 0.1) is 0 Å². The van der Waals surface area contributed by atoms with Crippen LogP contribution in [-0.4, -0.2) is 22.0 Å². The van der Waals surface area contributed by atoms with Crippen molar-refractivity contribution in [2.75, 3.05) is 0 Å². The van der Waals surface area contributed by atoms with Crippen LogP contribution in [-0.2, 0) is 9.53 Å². The van der Waals surface area contributed by atoms with Gasteiger partial charge in [-0.15, -0.1) is 0 Å². The molecule has 0 aliphatic rings. The first-order chi connectivity index (χ1) is 6.06. The smallest absolute Gasteiger partial charge is 0.293 e. The summed E-state index contributed by atoms with van der Waals surface area (Å²) in [6.45, 7) is 5.92. The van der Waals surface area contributed by atoms with Crippen molar-refractivity contribution in [1.82, 2.24) is 16.1 Å². The van der Waals surface area contributed by atoms with E-state index in [0.717, 1.165) is 0 Å². The fraction of sp³-hybridized carbons (Fsp3) is 0.444. The lowest BCUT2D eigenvalue weighted by Gasteiger charge is -2.14. The number of nitrogens with zero attached hydrogens (tertiary/aromatic N) is 2. The molecule has 1 aromatic rings. The molecule has 0 bridgehead atoms. The monoisotopic (exact) mass is 199 g/mol. The lowest BCUT2D eigenvalue weighted by molar-refractivity contribution is -0.138. The molecule has 0 unspecified atom stereocenters. The molecule has 5 nitrogen and oxygen atoms in total. The Morgan fingerprint density at radius 2 is 1.71 bits per heavy atom. The number of carbonyl (C=O) groups excluding carboxylic acids is 1. The topological polar surface area (TPSA) is 87.1 Å². The van der Waals surface area contributed by atoms with Crippen molar-refractivity contribution in [3.8, 4) is 0 Å². The van der Waals surface area contributed by atoms with Gasteiger partial charge in [-0.3, -0.25) is 4.79 Å². The Morgan fingerprint density at radius 3 is 1.79 bits per heavy atom. The number of hydrogen-bond acceptors (Lipinski definition) is 5. The third kappa shape index (κ3) is 13.1. The summed E-state index contributed by atoms with van der Waals surface area (Å²) >= 11 is 0. The van der Waals surface area contributed by atoms with E-state index in [2.05, 4.69) is 14.7 Å². The second-order valence-electron chi connectivity index (χ2n) is 3.23. The Hall–Kier alpha value is -1.49. The average molecular weight is 199 g/mol. The van der Waals surface area contributed by atoms with Gasteiger partial charge >= 0.3 is 0 Å². The minimum atomic E-state index is -0.318. The lowest BCUT2D eigenvalue weighted by atomic mass is 10.2. The summed E-state index contributed by atoms with van der Waals surface area (Å²) in [5, 5.41) is 0. The lowest BCUT2D eigenvalue weighted by Crippen LogP contribution is -2.17. The maximum atomic E-state index is 9.60. The largest absolute Gasteiger partial charge is 0.462 e. The second kappa shape index (κ2) is 8.12. The normalized spacial score (nSPS) is 8.79. The van der Waals surface area contributed by atoms with E-state index in [1.807, 2.05) is 20.8 Å². The Bertz CT molecular complexity index is 195. The average Bonchev–Trinajstić information content (AvgIpc) is 2.06. The minimum absolute atomic E-state index is 0. The maximum Gasteiger partial charge on any atom is 0.293 e. The van der Waals surface area contributed by atoms with Crippen LogP contribution in [0.2, 0.25) is 0 Å². The maximum absolute atomic E-state index is 9.60. The van der Waals surface area contributed by atoms with Gasteiger partial charge in [0.15, 0.2) is 0 Å². The zero-order valence-electron chi connectivity index (χ0n) is 8.80. The standard InChI is InChI=1S/C5H10O2.C4H4N2.H3N/c1-5(2,3)7-4-6;1-2-5-4-6-3-1;/h4H,1-3H3;1-4H;1H3. The Morgan fingerprint density at radius 1 is 1.21 bits per heavy atom. The van der Waals surface area contributed by atoms with Crippen LogP contribution in [0.5, 0.6) is 0 Å². The molecule has 14 heavy (non-hydrogen) atoms. The van der Waals surface area contributed by atoms with E-state index in [9.17, 15) is 4.79 Å². The summed E-state index contributed by atoms with van der Waals surface area (Å²) in [7, 11) is 0. The van der Waals surface area contributed by atoms with E-state index >= 15 is 0 Å². The zero-order chi connectivity index (χ0) is 10.2. The molecule has 3 N–H and O–H groups in total. The van der Waals surface area contributed by atoms with Gasteiger partial charge in [-0.1, -0.05) is 0 Å². The number of carbonyl (C=O) groups is 1. The van der Waals surface area contributed by atoms with Crippen LogP contribution in [0.4, 0.5) is 0 Å². The molecule has 0 saturated carbocycles. The number of ether oxygens (including phenoxy) is 1. The zero-order valence-corrected chi connectivity index (χ0v) is 8.80. The quantitative estimate of drug-likeness (QED) is 0.694. The molecule has 80 valence electrons. The van der Waals surface area contributed by atoms with Crippen LogP contribution < -0.4 is 6.15 Å². The minimum Gasteiger partial charge on any atom is -0.462 e. The SMILES string of the molecule is CC(C)(C)OC=O.N.c1cncnc1. The molecule has 1 rings (SSSR count). The van der Waals surface area contributed by atoms with Crippen LogP contribution in [0.3, 0.4) is 0 Å². The summed E-state index contributed by atoms with van der Waals surface area (Å²) < 4.78 is 4.55. The molecular weight excluding hydrogens is 182 g/mol. The summed E-state index contributed by atoms with van der Waals surface area (Å²) in [4.78, 5) is 16.9. The molecular formula is C9H17N3O2. The summed E-state index contributed by atoms with van der Waals surface area (Å²) in [6.07, 6.45) is 4.88. The van der Waals surface area contributed by atoms with Gasteiger partial charge in [0, 0.05) is 12.4 Å². The van der Waals surface area contributed by atoms with Gasteiger partial charge in [0.2, 0.25) is 0 Å². The number of rotatable bonds is 1. The molecule has 0 aromatic carbocycles. The van der Waals surface area contributed by atoms with Gasteiger partial charge < -0.3 is 10.9 Å². The van der Waals surface area contributed by atoms with Crippen molar-refractivity contribution in [1.29, 1.82) is 0 Å². The first-order valence-electron chi connectivity index (χ1n) is 3.87. The van der Waals surface area contributed by atoms with Crippen LogP contribution in [0.1, 0.15) is 20.8 Å². The highest BCUT2D eigenvalue weighted by Gasteiger charge is 2.07. The fourth-order valence-corrected chi connectivity index (χ4v) is 0.398. The van der Waals surface area contributed by atoms with E-state index in [0.29, 0.717) is 6.47 Å². The predicted molar refractivity (Wildman–Crippen MR) is 54.0 cm³/mol. The van der Waals surface area contributed by atoms with Crippen molar-refractivity contribution >= 4 is 6.47 Å². The van der Waals surface area contributed by atoms with Crippen molar-refractivity contribution in [3.63, 3.8) is 0 Å². The van der Waals surface area contributed by atoms with Gasteiger partial charge in [-0.05, 0) is 26.8 Å². The highest BCUT2D eigenvalue weighted by molar-refractivity contribution is 5.37. The van der Waals surface area contributed by atoms with E-state index in [1.54, 1.807) is 18.5 Å². The molecule has 5 heteroatoms. The highest BCUT2D eigenvalue weighted by atomic mass is 16.5. The Labute approximate surface area is 84.1 Å². The van der Waals surface area contributed by atoms with E-state index in [-0.39, 0.29) is 11.8 Å². The third-order valence-electron chi connectivity index (χ3n) is 0.879. The van der Waals surface area contributed by atoms with Crippen LogP contribution in [0.15, 0.2) is 24.8 Å². The van der Waals surface area contributed by atoms with E-state index < -0.39 is 0 Å². The molecule has 0 fully saturated rings. The molecule has 0 aliphatic carbocycles.